The summed E-state index contributed by atoms with van der Waals surface area (Å²) in [6, 6.07) is 14.1. The number of hydrogen-bond donors (Lipinski definition) is 1. The first-order valence-corrected chi connectivity index (χ1v) is 9.20. The third-order valence-electron chi connectivity index (χ3n) is 4.98. The Kier molecular flexibility index (Phi) is 5.54. The van der Waals surface area contributed by atoms with Crippen molar-refractivity contribution in [3.63, 3.8) is 0 Å². The summed E-state index contributed by atoms with van der Waals surface area (Å²) in [6.07, 6.45) is 2.58. The van der Waals surface area contributed by atoms with Gasteiger partial charge in [-0.2, -0.15) is 0 Å². The van der Waals surface area contributed by atoms with Crippen molar-refractivity contribution in [1.29, 1.82) is 0 Å². The number of nitrogens with zero attached hydrogens (tertiary/aromatic N) is 1. The van der Waals surface area contributed by atoms with Crippen molar-refractivity contribution in [3.05, 3.63) is 64.7 Å². The Morgan fingerprint density at radius 2 is 1.64 bits per heavy atom. The zero-order valence-electron chi connectivity index (χ0n) is 15.5. The van der Waals surface area contributed by atoms with E-state index in [1.165, 1.54) is 31.5 Å². The van der Waals surface area contributed by atoms with Crippen LogP contribution in [0.15, 0.2) is 42.5 Å². The Balaban J connectivity index is 1.60. The van der Waals surface area contributed by atoms with Gasteiger partial charge in [0.25, 0.3) is 5.91 Å². The molecule has 1 aliphatic rings. The van der Waals surface area contributed by atoms with Crippen molar-refractivity contribution < 1.29 is 4.79 Å². The molecule has 1 saturated heterocycles. The van der Waals surface area contributed by atoms with Gasteiger partial charge in [0.15, 0.2) is 0 Å². The molecule has 2 aromatic rings. The van der Waals surface area contributed by atoms with Gasteiger partial charge in [-0.3, -0.25) is 9.69 Å². The van der Waals surface area contributed by atoms with Crippen molar-refractivity contribution in [2.45, 2.75) is 40.2 Å². The fourth-order valence-electron chi connectivity index (χ4n) is 3.49. The minimum absolute atomic E-state index is 0.0525. The van der Waals surface area contributed by atoms with E-state index in [-0.39, 0.29) is 5.91 Å². The molecule has 3 heteroatoms. The summed E-state index contributed by atoms with van der Waals surface area (Å²) >= 11 is 0. The van der Waals surface area contributed by atoms with Crippen molar-refractivity contribution in [2.24, 2.45) is 5.92 Å². The molecule has 0 bridgehead atoms. The lowest BCUT2D eigenvalue weighted by molar-refractivity contribution is 0.102. The van der Waals surface area contributed by atoms with Gasteiger partial charge >= 0.3 is 0 Å². The predicted molar refractivity (Wildman–Crippen MR) is 104 cm³/mol. The number of piperidine rings is 1. The number of hydrogen-bond acceptors (Lipinski definition) is 2. The third-order valence-corrected chi connectivity index (χ3v) is 4.98. The molecule has 132 valence electrons. The van der Waals surface area contributed by atoms with Crippen LogP contribution in [0.25, 0.3) is 0 Å². The van der Waals surface area contributed by atoms with Gasteiger partial charge in [-0.15, -0.1) is 0 Å². The Morgan fingerprint density at radius 3 is 2.24 bits per heavy atom. The van der Waals surface area contributed by atoms with E-state index in [1.807, 2.05) is 38.1 Å². The first-order valence-electron chi connectivity index (χ1n) is 9.20. The van der Waals surface area contributed by atoms with Crippen LogP contribution in [0.2, 0.25) is 0 Å². The van der Waals surface area contributed by atoms with Gasteiger partial charge in [-0.25, -0.2) is 0 Å². The maximum absolute atomic E-state index is 12.5. The van der Waals surface area contributed by atoms with Crippen LogP contribution in [0.4, 0.5) is 5.69 Å². The fraction of sp³-hybridized carbons (Fsp3) is 0.409. The van der Waals surface area contributed by atoms with Crippen molar-refractivity contribution >= 4 is 11.6 Å². The summed E-state index contributed by atoms with van der Waals surface area (Å²) < 4.78 is 0. The lowest BCUT2D eigenvalue weighted by atomic mass is 9.99. The highest BCUT2D eigenvalue weighted by Crippen LogP contribution is 2.19. The largest absolute Gasteiger partial charge is 0.322 e. The van der Waals surface area contributed by atoms with E-state index in [0.717, 1.165) is 29.3 Å². The van der Waals surface area contributed by atoms with Crippen molar-refractivity contribution in [1.82, 2.24) is 4.90 Å². The smallest absolute Gasteiger partial charge is 0.255 e. The van der Waals surface area contributed by atoms with Crippen LogP contribution >= 0.6 is 0 Å². The molecule has 0 radical (unpaired) electrons. The average molecular weight is 336 g/mol. The zero-order valence-corrected chi connectivity index (χ0v) is 15.5. The second-order valence-electron chi connectivity index (χ2n) is 7.49. The normalized spacial score (nSPS) is 16.0. The lowest BCUT2D eigenvalue weighted by Gasteiger charge is -2.30. The molecule has 0 unspecified atom stereocenters. The molecule has 1 N–H and O–H groups in total. The maximum Gasteiger partial charge on any atom is 0.255 e. The van der Waals surface area contributed by atoms with Gasteiger partial charge < -0.3 is 5.32 Å². The fourth-order valence-corrected chi connectivity index (χ4v) is 3.49. The summed E-state index contributed by atoms with van der Waals surface area (Å²) in [7, 11) is 0. The molecule has 1 fully saturated rings. The predicted octanol–water partition coefficient (Wildman–Crippen LogP) is 4.79. The van der Waals surface area contributed by atoms with E-state index in [0.29, 0.717) is 5.56 Å². The van der Waals surface area contributed by atoms with Crippen LogP contribution < -0.4 is 5.32 Å². The molecule has 2 aromatic carbocycles. The molecule has 1 heterocycles. The molecule has 0 spiro atoms. The standard InChI is InChI=1S/C22H28N2O/c1-16-8-10-24(11-9-16)15-19-4-6-20(7-5-19)22(25)23-21-13-17(2)12-18(3)14-21/h4-7,12-14,16H,8-11,15H2,1-3H3,(H,23,25). The van der Waals surface area contributed by atoms with Crippen LogP contribution in [0.5, 0.6) is 0 Å². The summed E-state index contributed by atoms with van der Waals surface area (Å²) in [6.45, 7) is 9.75. The Hall–Kier alpha value is -2.13. The molecular formula is C22H28N2O. The van der Waals surface area contributed by atoms with E-state index in [9.17, 15) is 4.79 Å². The Morgan fingerprint density at radius 1 is 1.04 bits per heavy atom. The van der Waals surface area contributed by atoms with Crippen LogP contribution in [-0.4, -0.2) is 23.9 Å². The topological polar surface area (TPSA) is 32.3 Å². The highest BCUT2D eigenvalue weighted by molar-refractivity contribution is 6.04. The monoisotopic (exact) mass is 336 g/mol. The number of anilines is 1. The molecule has 0 atom stereocenters. The van der Waals surface area contributed by atoms with Gasteiger partial charge in [0, 0.05) is 17.8 Å². The van der Waals surface area contributed by atoms with E-state index in [2.05, 4.69) is 35.3 Å². The molecule has 3 nitrogen and oxygen atoms in total. The minimum Gasteiger partial charge on any atom is -0.322 e. The molecule has 0 saturated carbocycles. The number of carbonyl (C=O) groups is 1. The number of nitrogens with one attached hydrogen (secondary N) is 1. The molecular weight excluding hydrogens is 308 g/mol. The van der Waals surface area contributed by atoms with Crippen LogP contribution in [-0.2, 0) is 6.54 Å². The second-order valence-corrected chi connectivity index (χ2v) is 7.49. The molecule has 1 amide bonds. The summed E-state index contributed by atoms with van der Waals surface area (Å²) in [5.74, 6) is 0.802. The number of rotatable bonds is 4. The number of likely N-dealkylation sites (tertiary alicyclic amines) is 1. The molecule has 25 heavy (non-hydrogen) atoms. The molecule has 0 aromatic heterocycles. The SMILES string of the molecule is Cc1cc(C)cc(NC(=O)c2ccc(CN3CCC(C)CC3)cc2)c1. The summed E-state index contributed by atoms with van der Waals surface area (Å²) in [5.41, 5.74) is 5.14. The summed E-state index contributed by atoms with van der Waals surface area (Å²) in [4.78, 5) is 15.0. The number of amides is 1. The van der Waals surface area contributed by atoms with Crippen molar-refractivity contribution in [2.75, 3.05) is 18.4 Å². The number of aryl methyl sites for hydroxylation is 2. The summed E-state index contributed by atoms with van der Waals surface area (Å²) in [5, 5.41) is 3.00. The lowest BCUT2D eigenvalue weighted by Crippen LogP contribution is -2.32. The van der Waals surface area contributed by atoms with Gasteiger partial charge in [0.2, 0.25) is 0 Å². The van der Waals surface area contributed by atoms with E-state index in [1.54, 1.807) is 0 Å². The van der Waals surface area contributed by atoms with Crippen LogP contribution in [0.3, 0.4) is 0 Å². The Bertz CT molecular complexity index is 708. The first kappa shape index (κ1) is 17.7. The minimum atomic E-state index is -0.0525. The highest BCUT2D eigenvalue weighted by Gasteiger charge is 2.15. The Labute approximate surface area is 151 Å². The van der Waals surface area contributed by atoms with Gasteiger partial charge in [0.1, 0.15) is 0 Å². The van der Waals surface area contributed by atoms with Crippen molar-refractivity contribution in [3.8, 4) is 0 Å². The van der Waals surface area contributed by atoms with Crippen LogP contribution in [0, 0.1) is 19.8 Å². The molecule has 3 rings (SSSR count). The number of carbonyl (C=O) groups excluding carboxylic acids is 1. The van der Waals surface area contributed by atoms with E-state index in [4.69, 9.17) is 0 Å². The van der Waals surface area contributed by atoms with Gasteiger partial charge in [-0.1, -0.05) is 25.1 Å². The molecule has 0 aliphatic carbocycles. The second kappa shape index (κ2) is 7.83. The first-order chi connectivity index (χ1) is 12.0. The van der Waals surface area contributed by atoms with E-state index < -0.39 is 0 Å². The average Bonchev–Trinajstić information content (AvgIpc) is 2.56. The van der Waals surface area contributed by atoms with Gasteiger partial charge in [-0.05, 0) is 86.7 Å². The molecule has 1 aliphatic heterocycles. The van der Waals surface area contributed by atoms with Crippen LogP contribution in [0.1, 0.15) is 46.8 Å². The van der Waals surface area contributed by atoms with E-state index >= 15 is 0 Å². The number of benzene rings is 2. The zero-order chi connectivity index (χ0) is 17.8. The maximum atomic E-state index is 12.5. The highest BCUT2D eigenvalue weighted by atomic mass is 16.1. The van der Waals surface area contributed by atoms with Gasteiger partial charge in [0.05, 0.1) is 0 Å². The third kappa shape index (κ3) is 4.93. The quantitative estimate of drug-likeness (QED) is 0.871.